The molecule has 1 aromatic rings. The summed E-state index contributed by atoms with van der Waals surface area (Å²) >= 11 is 12.7. The van der Waals surface area contributed by atoms with Crippen LogP contribution in [-0.2, 0) is 20.5 Å². The Hall–Kier alpha value is -1.45. The number of benzene rings is 1. The van der Waals surface area contributed by atoms with Gasteiger partial charge in [0.2, 0.25) is 5.71 Å². The number of alkyl halides is 3. The average molecular weight is 417 g/mol. The number of nitrogens with one attached hydrogen (secondary N) is 1. The molecule has 0 radical (unpaired) electrons. The first kappa shape index (κ1) is 21.6. The molecule has 1 rings (SSSR count). The van der Waals surface area contributed by atoms with Crippen LogP contribution in [0.25, 0.3) is 0 Å². The molecule has 0 bridgehead atoms. The molecular weight excluding hydrogens is 404 g/mol. The minimum Gasteiger partial charge on any atom is -0.461 e. The Balaban J connectivity index is 3.18. The van der Waals surface area contributed by atoms with Gasteiger partial charge >= 0.3 is 12.1 Å². The number of ketones is 1. The van der Waals surface area contributed by atoms with Gasteiger partial charge in [0.15, 0.2) is 5.78 Å². The maximum atomic E-state index is 12.7. The molecule has 0 saturated heterocycles. The summed E-state index contributed by atoms with van der Waals surface area (Å²) in [6, 6.07) is 1.30. The Morgan fingerprint density at radius 3 is 2.28 bits per heavy atom. The van der Waals surface area contributed by atoms with Gasteiger partial charge in [-0.1, -0.05) is 23.2 Å². The van der Waals surface area contributed by atoms with Crippen molar-refractivity contribution in [2.45, 2.75) is 13.1 Å². The predicted molar refractivity (Wildman–Crippen MR) is 92.5 cm³/mol. The number of thioether (sulfide) groups is 1. The highest BCUT2D eigenvalue weighted by Gasteiger charge is 2.32. The molecule has 0 aliphatic heterocycles. The van der Waals surface area contributed by atoms with E-state index in [4.69, 9.17) is 27.9 Å². The molecule has 1 aromatic carbocycles. The van der Waals surface area contributed by atoms with Crippen LogP contribution in [0, 0.1) is 0 Å². The monoisotopic (exact) mass is 416 g/mol. The molecule has 0 aromatic heterocycles. The first-order chi connectivity index (χ1) is 11.6. The molecule has 138 valence electrons. The van der Waals surface area contributed by atoms with Gasteiger partial charge in [0.1, 0.15) is 0 Å². The maximum Gasteiger partial charge on any atom is 0.416 e. The second-order valence-corrected chi connectivity index (χ2v) is 6.14. The lowest BCUT2D eigenvalue weighted by molar-refractivity contribution is -0.138. The molecular formula is C14H13Cl2F3N2O3S. The van der Waals surface area contributed by atoms with Crippen LogP contribution in [0.2, 0.25) is 10.0 Å². The number of rotatable bonds is 7. The number of carbonyl (C=O) groups is 2. The molecule has 0 fully saturated rings. The molecule has 11 heteroatoms. The van der Waals surface area contributed by atoms with E-state index in [2.05, 4.69) is 10.5 Å². The second-order valence-electron chi connectivity index (χ2n) is 4.46. The zero-order chi connectivity index (χ0) is 19.2. The van der Waals surface area contributed by atoms with Crippen molar-refractivity contribution in [1.29, 1.82) is 0 Å². The van der Waals surface area contributed by atoms with Gasteiger partial charge in [0.05, 0.1) is 33.7 Å². The predicted octanol–water partition coefficient (Wildman–Crippen LogP) is 4.28. The third-order valence-corrected chi connectivity index (χ3v) is 3.80. The fourth-order valence-corrected chi connectivity index (χ4v) is 2.55. The molecule has 5 nitrogen and oxygen atoms in total. The fraction of sp³-hybridized carbons (Fsp3) is 0.357. The number of Topliss-reactive ketones (excluding diaryl/α,β-unsaturated/α-hetero) is 1. The topological polar surface area (TPSA) is 67.8 Å². The van der Waals surface area contributed by atoms with E-state index in [1.165, 1.54) is 0 Å². The molecule has 0 amide bonds. The van der Waals surface area contributed by atoms with Gasteiger partial charge in [-0.25, -0.2) is 4.79 Å². The van der Waals surface area contributed by atoms with E-state index < -0.39 is 29.2 Å². The van der Waals surface area contributed by atoms with Gasteiger partial charge in [-0.15, -0.1) is 0 Å². The first-order valence-electron chi connectivity index (χ1n) is 6.71. The van der Waals surface area contributed by atoms with Gasteiger partial charge < -0.3 is 4.74 Å². The van der Waals surface area contributed by atoms with Crippen molar-refractivity contribution in [1.82, 2.24) is 0 Å². The normalized spacial score (nSPS) is 12.0. The lowest BCUT2D eigenvalue weighted by Gasteiger charge is -2.12. The van der Waals surface area contributed by atoms with Crippen molar-refractivity contribution >= 4 is 58.1 Å². The summed E-state index contributed by atoms with van der Waals surface area (Å²) in [6.45, 7) is 1.57. The van der Waals surface area contributed by atoms with Crippen molar-refractivity contribution in [2.24, 2.45) is 5.10 Å². The largest absolute Gasteiger partial charge is 0.461 e. The third kappa shape index (κ3) is 6.09. The quantitative estimate of drug-likeness (QED) is 0.311. The summed E-state index contributed by atoms with van der Waals surface area (Å²) < 4.78 is 42.8. The molecule has 1 N–H and O–H groups in total. The van der Waals surface area contributed by atoms with E-state index in [9.17, 15) is 22.8 Å². The Kier molecular flexibility index (Phi) is 8.04. The van der Waals surface area contributed by atoms with Gasteiger partial charge in [0.25, 0.3) is 0 Å². The number of hydrogen-bond acceptors (Lipinski definition) is 6. The standard InChI is InChI=1S/C14H13Cl2F3N2O3S/c1-3-24-13(23)12(10(22)6-25-2)21-20-11-8(15)4-7(5-9(11)16)14(17,18)19/h4-5,20H,3,6H2,1-2H3. The van der Waals surface area contributed by atoms with E-state index in [0.29, 0.717) is 12.1 Å². The molecule has 0 saturated carbocycles. The van der Waals surface area contributed by atoms with Gasteiger partial charge in [-0.2, -0.15) is 30.0 Å². The molecule has 0 unspecified atom stereocenters. The van der Waals surface area contributed by atoms with Crippen molar-refractivity contribution < 1.29 is 27.5 Å². The average Bonchev–Trinajstić information content (AvgIpc) is 2.49. The zero-order valence-corrected chi connectivity index (χ0v) is 15.4. The molecule has 0 aliphatic rings. The minimum absolute atomic E-state index is 0.0200. The Morgan fingerprint density at radius 1 is 1.28 bits per heavy atom. The molecule has 0 spiro atoms. The lowest BCUT2D eigenvalue weighted by Crippen LogP contribution is -2.29. The van der Waals surface area contributed by atoms with Crippen LogP contribution in [-0.4, -0.2) is 36.1 Å². The van der Waals surface area contributed by atoms with Gasteiger partial charge in [-0.3, -0.25) is 10.2 Å². The number of ether oxygens (including phenoxy) is 1. The SMILES string of the molecule is CCOC(=O)C(=NNc1c(Cl)cc(C(F)(F)F)cc1Cl)C(=O)CSC. The number of carbonyl (C=O) groups excluding carboxylic acids is 2. The van der Waals surface area contributed by atoms with Gasteiger partial charge in [0, 0.05) is 0 Å². The van der Waals surface area contributed by atoms with Crippen molar-refractivity contribution in [3.63, 3.8) is 0 Å². The van der Waals surface area contributed by atoms with Crippen LogP contribution < -0.4 is 5.43 Å². The Bertz CT molecular complexity index is 653. The Morgan fingerprint density at radius 2 is 1.84 bits per heavy atom. The highest BCUT2D eigenvalue weighted by atomic mass is 35.5. The van der Waals surface area contributed by atoms with E-state index in [1.807, 2.05) is 0 Å². The second kappa shape index (κ2) is 9.30. The molecule has 25 heavy (non-hydrogen) atoms. The number of hydrazone groups is 1. The summed E-state index contributed by atoms with van der Waals surface area (Å²) in [5, 5.41) is 2.88. The lowest BCUT2D eigenvalue weighted by atomic mass is 10.2. The van der Waals surface area contributed by atoms with E-state index in [1.54, 1.807) is 13.2 Å². The Labute approximate surface area is 155 Å². The minimum atomic E-state index is -4.63. The number of anilines is 1. The van der Waals surface area contributed by atoms with Crippen LogP contribution in [0.5, 0.6) is 0 Å². The number of hydrogen-bond donors (Lipinski definition) is 1. The summed E-state index contributed by atoms with van der Waals surface area (Å²) in [6.07, 6.45) is -2.98. The number of halogens is 5. The summed E-state index contributed by atoms with van der Waals surface area (Å²) in [4.78, 5) is 23.7. The maximum absolute atomic E-state index is 12.7. The van der Waals surface area contributed by atoms with Crippen molar-refractivity contribution in [2.75, 3.05) is 24.0 Å². The third-order valence-electron chi connectivity index (χ3n) is 2.66. The summed E-state index contributed by atoms with van der Waals surface area (Å²) in [7, 11) is 0. The van der Waals surface area contributed by atoms with Crippen molar-refractivity contribution in [3.05, 3.63) is 27.7 Å². The number of nitrogens with zero attached hydrogens (tertiary/aromatic N) is 1. The highest BCUT2D eigenvalue weighted by molar-refractivity contribution is 7.99. The van der Waals surface area contributed by atoms with E-state index in [-0.39, 0.29) is 28.1 Å². The molecule has 0 aliphatic carbocycles. The fourth-order valence-electron chi connectivity index (χ4n) is 1.58. The van der Waals surface area contributed by atoms with Crippen molar-refractivity contribution in [3.8, 4) is 0 Å². The van der Waals surface area contributed by atoms with Gasteiger partial charge in [-0.05, 0) is 25.3 Å². The highest BCUT2D eigenvalue weighted by Crippen LogP contribution is 2.38. The van der Waals surface area contributed by atoms with E-state index in [0.717, 1.165) is 11.8 Å². The molecule has 0 atom stereocenters. The van der Waals surface area contributed by atoms with Crippen LogP contribution >= 0.6 is 35.0 Å². The summed E-state index contributed by atoms with van der Waals surface area (Å²) in [5.41, 5.74) is 0.514. The molecule has 0 heterocycles. The summed E-state index contributed by atoms with van der Waals surface area (Å²) in [5.74, 6) is -1.61. The van der Waals surface area contributed by atoms with Crippen LogP contribution in [0.4, 0.5) is 18.9 Å². The first-order valence-corrected chi connectivity index (χ1v) is 8.86. The zero-order valence-electron chi connectivity index (χ0n) is 13.0. The van der Waals surface area contributed by atoms with Crippen LogP contribution in [0.15, 0.2) is 17.2 Å². The smallest absolute Gasteiger partial charge is 0.416 e. The van der Waals surface area contributed by atoms with Crippen LogP contribution in [0.3, 0.4) is 0 Å². The number of esters is 1. The van der Waals surface area contributed by atoms with E-state index >= 15 is 0 Å². The van der Waals surface area contributed by atoms with Crippen LogP contribution in [0.1, 0.15) is 12.5 Å².